The zero-order valence-corrected chi connectivity index (χ0v) is 11.6. The van der Waals surface area contributed by atoms with Gasteiger partial charge in [0.1, 0.15) is 0 Å². The van der Waals surface area contributed by atoms with Crippen LogP contribution in [0.25, 0.3) is 0 Å². The molecule has 0 aromatic rings. The SMILES string of the molecule is CCN(CCCSC)C1CC2CCC(C1)N2. The maximum atomic E-state index is 3.74. The average molecular weight is 242 g/mol. The number of fused-ring (bicyclic) bond motifs is 2. The molecule has 0 amide bonds. The number of rotatable bonds is 6. The molecule has 2 atom stereocenters. The zero-order valence-electron chi connectivity index (χ0n) is 10.7. The summed E-state index contributed by atoms with van der Waals surface area (Å²) in [6.45, 7) is 4.86. The standard InChI is InChI=1S/C13H26N2S/c1-3-15(7-4-8-16-2)13-9-11-5-6-12(10-13)14-11/h11-14H,3-10H2,1-2H3. The Kier molecular flexibility index (Phi) is 4.98. The fourth-order valence-corrected chi connectivity index (χ4v) is 3.75. The smallest absolute Gasteiger partial charge is 0.0125 e. The fourth-order valence-electron chi connectivity index (χ4n) is 3.34. The molecule has 2 unspecified atom stereocenters. The quantitative estimate of drug-likeness (QED) is 0.720. The van der Waals surface area contributed by atoms with Gasteiger partial charge in [-0.1, -0.05) is 6.92 Å². The summed E-state index contributed by atoms with van der Waals surface area (Å²) in [6, 6.07) is 2.53. The Morgan fingerprint density at radius 3 is 2.50 bits per heavy atom. The molecule has 0 aliphatic carbocycles. The topological polar surface area (TPSA) is 15.3 Å². The highest BCUT2D eigenvalue weighted by Crippen LogP contribution is 2.29. The largest absolute Gasteiger partial charge is 0.311 e. The summed E-state index contributed by atoms with van der Waals surface area (Å²) in [7, 11) is 0. The van der Waals surface area contributed by atoms with E-state index in [9.17, 15) is 0 Å². The second kappa shape index (κ2) is 6.27. The van der Waals surface area contributed by atoms with Crippen LogP contribution in [0, 0.1) is 0 Å². The molecule has 2 aliphatic heterocycles. The number of hydrogen-bond acceptors (Lipinski definition) is 3. The molecule has 3 heteroatoms. The highest BCUT2D eigenvalue weighted by atomic mass is 32.2. The molecule has 2 fully saturated rings. The van der Waals surface area contributed by atoms with Crippen molar-refractivity contribution in [2.75, 3.05) is 25.1 Å². The van der Waals surface area contributed by atoms with E-state index in [0.29, 0.717) is 0 Å². The van der Waals surface area contributed by atoms with Gasteiger partial charge in [0.25, 0.3) is 0 Å². The molecule has 2 aliphatic rings. The fraction of sp³-hybridized carbons (Fsp3) is 1.00. The Morgan fingerprint density at radius 1 is 1.25 bits per heavy atom. The van der Waals surface area contributed by atoms with Crippen molar-refractivity contribution in [3.63, 3.8) is 0 Å². The third-order valence-corrected chi connectivity index (χ3v) is 4.86. The Hall–Kier alpha value is 0.270. The zero-order chi connectivity index (χ0) is 11.4. The molecule has 2 heterocycles. The van der Waals surface area contributed by atoms with Crippen LogP contribution in [0.1, 0.15) is 39.0 Å². The van der Waals surface area contributed by atoms with Crippen LogP contribution < -0.4 is 5.32 Å². The van der Waals surface area contributed by atoms with E-state index in [1.54, 1.807) is 0 Å². The summed E-state index contributed by atoms with van der Waals surface area (Å²) in [5.41, 5.74) is 0. The van der Waals surface area contributed by atoms with Crippen molar-refractivity contribution < 1.29 is 0 Å². The highest BCUT2D eigenvalue weighted by Gasteiger charge is 2.35. The van der Waals surface area contributed by atoms with Gasteiger partial charge >= 0.3 is 0 Å². The van der Waals surface area contributed by atoms with Crippen molar-refractivity contribution in [2.45, 2.75) is 57.2 Å². The van der Waals surface area contributed by atoms with Crippen LogP contribution >= 0.6 is 11.8 Å². The number of nitrogens with one attached hydrogen (secondary N) is 1. The number of piperidine rings is 1. The van der Waals surface area contributed by atoms with Crippen LogP contribution in [-0.2, 0) is 0 Å². The molecule has 16 heavy (non-hydrogen) atoms. The van der Waals surface area contributed by atoms with Gasteiger partial charge in [-0.25, -0.2) is 0 Å². The lowest BCUT2D eigenvalue weighted by Crippen LogP contribution is -2.48. The van der Waals surface area contributed by atoms with Gasteiger partial charge in [0.15, 0.2) is 0 Å². The Bertz CT molecular complexity index is 198. The van der Waals surface area contributed by atoms with Gasteiger partial charge in [-0.3, -0.25) is 0 Å². The minimum atomic E-state index is 0.832. The molecule has 0 spiro atoms. The molecule has 2 bridgehead atoms. The first-order valence-corrected chi connectivity index (χ1v) is 8.22. The van der Waals surface area contributed by atoms with Gasteiger partial charge in [-0.15, -0.1) is 0 Å². The van der Waals surface area contributed by atoms with Gasteiger partial charge in [0.05, 0.1) is 0 Å². The third-order valence-electron chi connectivity index (χ3n) is 4.16. The van der Waals surface area contributed by atoms with Gasteiger partial charge in [0.2, 0.25) is 0 Å². The summed E-state index contributed by atoms with van der Waals surface area (Å²) < 4.78 is 0. The second-order valence-corrected chi connectivity index (χ2v) is 6.22. The first kappa shape index (κ1) is 12.7. The van der Waals surface area contributed by atoms with Crippen molar-refractivity contribution in [1.29, 1.82) is 0 Å². The highest BCUT2D eigenvalue weighted by molar-refractivity contribution is 7.98. The molecule has 1 N–H and O–H groups in total. The van der Waals surface area contributed by atoms with Crippen LogP contribution in [0.15, 0.2) is 0 Å². The van der Waals surface area contributed by atoms with Gasteiger partial charge in [0, 0.05) is 18.1 Å². The summed E-state index contributed by atoms with van der Waals surface area (Å²) in [4.78, 5) is 2.72. The van der Waals surface area contributed by atoms with Crippen molar-refractivity contribution in [3.8, 4) is 0 Å². The summed E-state index contributed by atoms with van der Waals surface area (Å²) >= 11 is 1.98. The number of hydrogen-bond donors (Lipinski definition) is 1. The van der Waals surface area contributed by atoms with Crippen molar-refractivity contribution in [3.05, 3.63) is 0 Å². The predicted molar refractivity (Wildman–Crippen MR) is 73.2 cm³/mol. The number of nitrogens with zero attached hydrogens (tertiary/aromatic N) is 1. The third kappa shape index (κ3) is 3.14. The van der Waals surface area contributed by atoms with Gasteiger partial charge < -0.3 is 10.2 Å². The van der Waals surface area contributed by atoms with E-state index in [2.05, 4.69) is 23.4 Å². The van der Waals surface area contributed by atoms with Crippen LogP contribution in [0.4, 0.5) is 0 Å². The van der Waals surface area contributed by atoms with Crippen molar-refractivity contribution in [1.82, 2.24) is 10.2 Å². The lowest BCUT2D eigenvalue weighted by Gasteiger charge is -2.37. The molecule has 2 rings (SSSR count). The predicted octanol–water partition coefficient (Wildman–Crippen LogP) is 2.34. The Balaban J connectivity index is 1.79. The van der Waals surface area contributed by atoms with E-state index in [4.69, 9.17) is 0 Å². The maximum absolute atomic E-state index is 3.74. The summed E-state index contributed by atoms with van der Waals surface area (Å²) in [5.74, 6) is 1.31. The molecule has 0 aromatic carbocycles. The summed E-state index contributed by atoms with van der Waals surface area (Å²) in [5, 5.41) is 3.74. The maximum Gasteiger partial charge on any atom is 0.0125 e. The summed E-state index contributed by atoms with van der Waals surface area (Å²) in [6.07, 6.45) is 9.19. The van der Waals surface area contributed by atoms with E-state index in [-0.39, 0.29) is 0 Å². The normalized spacial score (nSPS) is 33.6. The second-order valence-electron chi connectivity index (χ2n) is 5.24. The van der Waals surface area contributed by atoms with Crippen molar-refractivity contribution >= 4 is 11.8 Å². The van der Waals surface area contributed by atoms with E-state index in [1.807, 2.05) is 11.8 Å². The molecular formula is C13H26N2S. The Labute approximate surface area is 105 Å². The Morgan fingerprint density at radius 2 is 1.94 bits per heavy atom. The minimum absolute atomic E-state index is 0.832. The molecular weight excluding hydrogens is 216 g/mol. The van der Waals surface area contributed by atoms with Crippen LogP contribution in [-0.4, -0.2) is 48.1 Å². The van der Waals surface area contributed by atoms with E-state index < -0.39 is 0 Å². The average Bonchev–Trinajstić information content (AvgIpc) is 2.64. The van der Waals surface area contributed by atoms with Gasteiger partial charge in [-0.05, 0) is 57.2 Å². The van der Waals surface area contributed by atoms with E-state index >= 15 is 0 Å². The van der Waals surface area contributed by atoms with Gasteiger partial charge in [-0.2, -0.15) is 11.8 Å². The molecule has 2 saturated heterocycles. The minimum Gasteiger partial charge on any atom is -0.311 e. The lowest BCUT2D eigenvalue weighted by molar-refractivity contribution is 0.148. The lowest BCUT2D eigenvalue weighted by atomic mass is 9.98. The molecule has 0 saturated carbocycles. The first-order chi connectivity index (χ1) is 7.83. The molecule has 94 valence electrons. The van der Waals surface area contributed by atoms with Crippen LogP contribution in [0.2, 0.25) is 0 Å². The molecule has 2 nitrogen and oxygen atoms in total. The van der Waals surface area contributed by atoms with Crippen LogP contribution in [0.5, 0.6) is 0 Å². The van der Waals surface area contributed by atoms with Crippen molar-refractivity contribution in [2.24, 2.45) is 0 Å². The van der Waals surface area contributed by atoms with E-state index in [0.717, 1.165) is 18.1 Å². The van der Waals surface area contributed by atoms with E-state index in [1.165, 1.54) is 50.9 Å². The first-order valence-electron chi connectivity index (χ1n) is 6.82. The van der Waals surface area contributed by atoms with Crippen LogP contribution in [0.3, 0.4) is 0 Å². The monoisotopic (exact) mass is 242 g/mol. The number of thioether (sulfide) groups is 1. The molecule has 0 aromatic heterocycles. The molecule has 0 radical (unpaired) electrons.